The molecule has 1 saturated heterocycles. The van der Waals surface area contributed by atoms with Crippen molar-refractivity contribution in [1.29, 1.82) is 5.26 Å². The number of nitriles is 1. The maximum atomic E-state index is 13.0. The van der Waals surface area contributed by atoms with Gasteiger partial charge in [0, 0.05) is 24.5 Å². The van der Waals surface area contributed by atoms with E-state index in [1.165, 1.54) is 38.3 Å². The summed E-state index contributed by atoms with van der Waals surface area (Å²) in [5, 5.41) is 16.8. The number of rotatable bonds is 3. The van der Waals surface area contributed by atoms with Crippen LogP contribution < -0.4 is 5.32 Å². The zero-order chi connectivity index (χ0) is 18.3. The van der Waals surface area contributed by atoms with E-state index in [1.54, 1.807) is 10.7 Å². The van der Waals surface area contributed by atoms with Gasteiger partial charge in [-0.3, -0.25) is 10.1 Å². The van der Waals surface area contributed by atoms with E-state index in [4.69, 9.17) is 5.26 Å². The molecule has 1 N–H and O–H groups in total. The molecule has 26 heavy (non-hydrogen) atoms. The standard InChI is InChI=1S/C19H24N6O/c1-19(2)18(26)24(11-13-6-4-3-5-7-13)17(23-19)15-9-21-16-14(8-20)10-22-25(16)12-15/h9-10,12-13,17,23H,3-7,11H2,1-2H3. The van der Waals surface area contributed by atoms with Crippen molar-refractivity contribution in [3.8, 4) is 6.07 Å². The first-order valence-electron chi connectivity index (χ1n) is 9.32. The van der Waals surface area contributed by atoms with Crippen molar-refractivity contribution >= 4 is 11.6 Å². The summed E-state index contributed by atoms with van der Waals surface area (Å²) in [6.07, 6.45) is 11.1. The van der Waals surface area contributed by atoms with Gasteiger partial charge in [-0.15, -0.1) is 0 Å². The number of hydrogen-bond donors (Lipinski definition) is 1. The largest absolute Gasteiger partial charge is 0.321 e. The van der Waals surface area contributed by atoms with Crippen LogP contribution in [0.15, 0.2) is 18.6 Å². The van der Waals surface area contributed by atoms with Crippen molar-refractivity contribution in [2.24, 2.45) is 5.92 Å². The summed E-state index contributed by atoms with van der Waals surface area (Å²) in [4.78, 5) is 19.4. The van der Waals surface area contributed by atoms with Gasteiger partial charge in [0.25, 0.3) is 0 Å². The van der Waals surface area contributed by atoms with Gasteiger partial charge in [0.15, 0.2) is 5.65 Å². The number of amides is 1. The van der Waals surface area contributed by atoms with Crippen LogP contribution >= 0.6 is 0 Å². The molecule has 2 aromatic rings. The molecule has 1 unspecified atom stereocenters. The molecule has 1 aliphatic carbocycles. The summed E-state index contributed by atoms with van der Waals surface area (Å²) in [7, 11) is 0. The number of nitrogens with one attached hydrogen (secondary N) is 1. The van der Waals surface area contributed by atoms with Crippen molar-refractivity contribution in [2.45, 2.75) is 57.7 Å². The first-order chi connectivity index (χ1) is 12.5. The average Bonchev–Trinajstić information content (AvgIpc) is 3.15. The molecule has 2 aromatic heterocycles. The fraction of sp³-hybridized carbons (Fsp3) is 0.579. The Kier molecular flexibility index (Phi) is 4.16. The topological polar surface area (TPSA) is 86.3 Å². The Morgan fingerprint density at radius 1 is 1.31 bits per heavy atom. The molecular formula is C19H24N6O. The molecule has 3 heterocycles. The van der Waals surface area contributed by atoms with Gasteiger partial charge in [0.2, 0.25) is 5.91 Å². The molecule has 0 bridgehead atoms. The van der Waals surface area contributed by atoms with Crippen LogP contribution in [-0.4, -0.2) is 37.5 Å². The summed E-state index contributed by atoms with van der Waals surface area (Å²) in [5.41, 5.74) is 1.28. The fourth-order valence-electron chi connectivity index (χ4n) is 4.17. The Balaban J connectivity index is 1.65. The SMILES string of the molecule is CC1(C)NC(c2cnc3c(C#N)cnn3c2)N(CC2CCCCC2)C1=O. The zero-order valence-electron chi connectivity index (χ0n) is 15.3. The Bertz CT molecular complexity index is 874. The highest BCUT2D eigenvalue weighted by molar-refractivity contribution is 5.88. The third-order valence-corrected chi connectivity index (χ3v) is 5.60. The molecule has 0 radical (unpaired) electrons. The second-order valence-electron chi connectivity index (χ2n) is 7.96. The predicted octanol–water partition coefficient (Wildman–Crippen LogP) is 2.39. The smallest absolute Gasteiger partial charge is 0.243 e. The number of fused-ring (bicyclic) bond motifs is 1. The molecular weight excluding hydrogens is 328 g/mol. The average molecular weight is 352 g/mol. The highest BCUT2D eigenvalue weighted by Gasteiger charge is 2.46. The Morgan fingerprint density at radius 3 is 2.81 bits per heavy atom. The van der Waals surface area contributed by atoms with E-state index >= 15 is 0 Å². The third-order valence-electron chi connectivity index (χ3n) is 5.60. The predicted molar refractivity (Wildman–Crippen MR) is 95.9 cm³/mol. The van der Waals surface area contributed by atoms with Crippen LogP contribution in [0.3, 0.4) is 0 Å². The summed E-state index contributed by atoms with van der Waals surface area (Å²) in [6, 6.07) is 2.10. The first kappa shape index (κ1) is 17.0. The van der Waals surface area contributed by atoms with Gasteiger partial charge in [-0.25, -0.2) is 9.50 Å². The zero-order valence-corrected chi connectivity index (χ0v) is 15.3. The van der Waals surface area contributed by atoms with E-state index in [0.29, 0.717) is 17.1 Å². The molecule has 1 atom stereocenters. The van der Waals surface area contributed by atoms with Gasteiger partial charge < -0.3 is 4.90 Å². The number of aromatic nitrogens is 3. The minimum atomic E-state index is -0.601. The molecule has 2 fully saturated rings. The molecule has 0 spiro atoms. The number of hydrogen-bond acceptors (Lipinski definition) is 5. The Labute approximate surface area is 153 Å². The molecule has 2 aliphatic rings. The third kappa shape index (κ3) is 2.84. The minimum absolute atomic E-state index is 0.131. The van der Waals surface area contributed by atoms with Crippen molar-refractivity contribution in [3.05, 3.63) is 29.7 Å². The lowest BCUT2D eigenvalue weighted by Crippen LogP contribution is -2.41. The molecule has 7 nitrogen and oxygen atoms in total. The van der Waals surface area contributed by atoms with Gasteiger partial charge >= 0.3 is 0 Å². The molecule has 7 heteroatoms. The summed E-state index contributed by atoms with van der Waals surface area (Å²) in [5.74, 6) is 0.698. The lowest BCUT2D eigenvalue weighted by molar-refractivity contribution is -0.133. The fourth-order valence-corrected chi connectivity index (χ4v) is 4.17. The van der Waals surface area contributed by atoms with Gasteiger partial charge in [-0.1, -0.05) is 19.3 Å². The van der Waals surface area contributed by atoms with Crippen LogP contribution in [0.25, 0.3) is 5.65 Å². The lowest BCUT2D eigenvalue weighted by atomic mass is 9.88. The summed E-state index contributed by atoms with van der Waals surface area (Å²) in [6.45, 7) is 4.63. The van der Waals surface area contributed by atoms with Crippen LogP contribution in [0.1, 0.15) is 63.2 Å². The normalized spacial score (nSPS) is 23.5. The molecule has 1 aliphatic heterocycles. The van der Waals surface area contributed by atoms with Gasteiger partial charge in [-0.05, 0) is 32.6 Å². The van der Waals surface area contributed by atoms with E-state index in [2.05, 4.69) is 21.5 Å². The van der Waals surface area contributed by atoms with Gasteiger partial charge in [0.05, 0.1) is 11.7 Å². The van der Waals surface area contributed by atoms with E-state index in [-0.39, 0.29) is 12.1 Å². The maximum absolute atomic E-state index is 13.0. The van der Waals surface area contributed by atoms with Crippen molar-refractivity contribution in [2.75, 3.05) is 6.54 Å². The first-order valence-corrected chi connectivity index (χ1v) is 9.32. The number of nitrogens with zero attached hydrogens (tertiary/aromatic N) is 5. The lowest BCUT2D eigenvalue weighted by Gasteiger charge is -2.30. The van der Waals surface area contributed by atoms with Crippen LogP contribution in [0.4, 0.5) is 0 Å². The van der Waals surface area contributed by atoms with E-state index < -0.39 is 5.54 Å². The second-order valence-corrected chi connectivity index (χ2v) is 7.96. The quantitative estimate of drug-likeness (QED) is 0.916. The number of carbonyl (C=O) groups is 1. The van der Waals surface area contributed by atoms with Crippen LogP contribution in [0, 0.1) is 17.2 Å². The summed E-state index contributed by atoms with van der Waals surface area (Å²) >= 11 is 0. The van der Waals surface area contributed by atoms with Crippen LogP contribution in [-0.2, 0) is 4.79 Å². The maximum Gasteiger partial charge on any atom is 0.243 e. The van der Waals surface area contributed by atoms with E-state index in [0.717, 1.165) is 12.1 Å². The monoisotopic (exact) mass is 352 g/mol. The molecule has 1 saturated carbocycles. The second kappa shape index (κ2) is 6.36. The van der Waals surface area contributed by atoms with E-state index in [1.807, 2.05) is 24.9 Å². The van der Waals surface area contributed by atoms with Gasteiger partial charge in [0.1, 0.15) is 17.8 Å². The molecule has 1 amide bonds. The van der Waals surface area contributed by atoms with Crippen molar-refractivity contribution < 1.29 is 4.79 Å². The number of carbonyl (C=O) groups excluding carboxylic acids is 1. The molecule has 136 valence electrons. The van der Waals surface area contributed by atoms with Crippen LogP contribution in [0.2, 0.25) is 0 Å². The van der Waals surface area contributed by atoms with Crippen LogP contribution in [0.5, 0.6) is 0 Å². The Morgan fingerprint density at radius 2 is 2.08 bits per heavy atom. The highest BCUT2D eigenvalue weighted by atomic mass is 16.2. The molecule has 0 aromatic carbocycles. The van der Waals surface area contributed by atoms with Crippen molar-refractivity contribution in [3.63, 3.8) is 0 Å². The van der Waals surface area contributed by atoms with Crippen molar-refractivity contribution in [1.82, 2.24) is 24.8 Å². The van der Waals surface area contributed by atoms with E-state index in [9.17, 15) is 4.79 Å². The summed E-state index contributed by atoms with van der Waals surface area (Å²) < 4.78 is 1.62. The Hall–Kier alpha value is -2.46. The highest BCUT2D eigenvalue weighted by Crippen LogP contribution is 2.34. The van der Waals surface area contributed by atoms with Gasteiger partial charge in [-0.2, -0.15) is 10.4 Å². The minimum Gasteiger partial charge on any atom is -0.321 e. The molecule has 4 rings (SSSR count).